The molecule has 0 aliphatic carbocycles. The molecule has 0 spiro atoms. The van der Waals surface area contributed by atoms with Crippen molar-refractivity contribution in [1.29, 1.82) is 0 Å². The summed E-state index contributed by atoms with van der Waals surface area (Å²) in [6.45, 7) is 1.85. The number of hydrogen-bond donors (Lipinski definition) is 5. The van der Waals surface area contributed by atoms with Crippen LogP contribution in [-0.4, -0.2) is 73.0 Å². The maximum Gasteiger partial charge on any atom is 0.469 e. The monoisotopic (exact) mass is 420 g/mol. The Labute approximate surface area is 159 Å². The number of ether oxygens (including phenoxy) is 1. The van der Waals surface area contributed by atoms with E-state index in [1.807, 2.05) is 6.92 Å². The fraction of sp³-hybridized carbons (Fsp3) is 0.643. The summed E-state index contributed by atoms with van der Waals surface area (Å²) in [5.74, 6) is 0.314. The van der Waals surface area contributed by atoms with Crippen molar-refractivity contribution in [2.75, 3.05) is 25.1 Å². The lowest BCUT2D eigenvalue weighted by Gasteiger charge is -2.14. The van der Waals surface area contributed by atoms with E-state index in [-0.39, 0.29) is 11.2 Å². The highest BCUT2D eigenvalue weighted by molar-refractivity contribution is 7.46. The molecule has 156 valence electrons. The number of hydrogen-bond acceptors (Lipinski definition) is 8. The predicted octanol–water partition coefficient (Wildman–Crippen LogP) is -2.27. The number of nitrogens with one attached hydrogen (secondary N) is 1. The lowest BCUT2D eigenvalue weighted by molar-refractivity contribution is -0.745. The van der Waals surface area contributed by atoms with Gasteiger partial charge in [0.05, 0.1) is 13.7 Å². The number of aromatic nitrogens is 4. The third-order valence-corrected chi connectivity index (χ3v) is 5.10. The molecule has 13 nitrogen and oxygen atoms in total. The average molecular weight is 420 g/mol. The topological polar surface area (TPSA) is 174 Å². The fourth-order valence-corrected chi connectivity index (χ4v) is 3.37. The number of anilines is 1. The zero-order valence-corrected chi connectivity index (χ0v) is 16.4. The minimum atomic E-state index is -4.77. The quantitative estimate of drug-likeness (QED) is 0.253. The molecule has 28 heavy (non-hydrogen) atoms. The average Bonchev–Trinajstić information content (AvgIpc) is 3.09. The third kappa shape index (κ3) is 3.82. The number of phosphoric ester groups is 1. The zero-order chi connectivity index (χ0) is 20.8. The Kier molecular flexibility index (Phi) is 5.60. The molecular formula is C14H23N5O8P+. The molecule has 0 radical (unpaired) electrons. The van der Waals surface area contributed by atoms with Gasteiger partial charge < -0.3 is 29.6 Å². The number of imidazole rings is 1. The number of aryl methyl sites for hydroxylation is 1. The van der Waals surface area contributed by atoms with Crippen molar-refractivity contribution in [1.82, 2.24) is 14.5 Å². The van der Waals surface area contributed by atoms with E-state index in [9.17, 15) is 19.6 Å². The Hall–Kier alpha value is -1.86. The van der Waals surface area contributed by atoms with Crippen LogP contribution in [0.5, 0.6) is 0 Å². The van der Waals surface area contributed by atoms with Gasteiger partial charge in [-0.1, -0.05) is 4.98 Å². The van der Waals surface area contributed by atoms with Crippen LogP contribution >= 0.6 is 7.82 Å². The minimum absolute atomic E-state index is 0.217. The van der Waals surface area contributed by atoms with Gasteiger partial charge in [0, 0.05) is 13.6 Å². The number of fused-ring (bicyclic) bond motifs is 1. The number of H-pyrrole nitrogens is 1. The summed E-state index contributed by atoms with van der Waals surface area (Å²) in [4.78, 5) is 38.9. The first kappa shape index (κ1) is 20.9. The normalized spacial score (nSPS) is 25.5. The molecule has 5 N–H and O–H groups in total. The van der Waals surface area contributed by atoms with Crippen LogP contribution < -0.4 is 15.0 Å². The predicted molar refractivity (Wildman–Crippen MR) is 94.4 cm³/mol. The highest BCUT2D eigenvalue weighted by Gasteiger charge is 2.47. The molecule has 3 heterocycles. The number of aliphatic hydroxyl groups is 2. The molecule has 0 amide bonds. The summed E-state index contributed by atoms with van der Waals surface area (Å²) in [5, 5.41) is 20.6. The molecule has 1 aliphatic heterocycles. The molecule has 0 bridgehead atoms. The Bertz CT molecular complexity index is 971. The van der Waals surface area contributed by atoms with E-state index in [2.05, 4.69) is 14.5 Å². The summed E-state index contributed by atoms with van der Waals surface area (Å²) in [7, 11) is -1.40. The number of phosphoric acid groups is 1. The van der Waals surface area contributed by atoms with E-state index in [0.717, 1.165) is 0 Å². The smallest absolute Gasteiger partial charge is 0.387 e. The van der Waals surface area contributed by atoms with Gasteiger partial charge in [0.2, 0.25) is 11.7 Å². The summed E-state index contributed by atoms with van der Waals surface area (Å²) < 4.78 is 23.7. The Morgan fingerprint density at radius 1 is 1.43 bits per heavy atom. The van der Waals surface area contributed by atoms with E-state index in [1.165, 1.54) is 15.5 Å². The number of rotatable bonds is 6. The Balaban J connectivity index is 2.00. The molecule has 4 atom stereocenters. The maximum atomic E-state index is 12.5. The minimum Gasteiger partial charge on any atom is -0.387 e. The van der Waals surface area contributed by atoms with Crippen molar-refractivity contribution in [3.8, 4) is 0 Å². The summed E-state index contributed by atoms with van der Waals surface area (Å²) in [6.07, 6.45) is -3.74. The van der Waals surface area contributed by atoms with Crippen molar-refractivity contribution in [3.63, 3.8) is 0 Å². The first-order chi connectivity index (χ1) is 13.0. The van der Waals surface area contributed by atoms with Gasteiger partial charge in [-0.05, 0) is 6.92 Å². The van der Waals surface area contributed by atoms with E-state index in [0.29, 0.717) is 12.5 Å². The molecular weight excluding hydrogens is 397 g/mol. The molecule has 1 saturated heterocycles. The molecule has 0 aromatic carbocycles. The molecule has 3 rings (SSSR count). The van der Waals surface area contributed by atoms with E-state index in [1.54, 1.807) is 19.0 Å². The van der Waals surface area contributed by atoms with Crippen LogP contribution in [-0.2, 0) is 20.9 Å². The van der Waals surface area contributed by atoms with Crippen LogP contribution in [0.2, 0.25) is 0 Å². The first-order valence-electron chi connectivity index (χ1n) is 8.46. The lowest BCUT2D eigenvalue weighted by atomic mass is 10.1. The number of nitrogens with zero attached hydrogens (tertiary/aromatic N) is 4. The lowest BCUT2D eigenvalue weighted by Crippen LogP contribution is -2.46. The highest BCUT2D eigenvalue weighted by atomic mass is 31.2. The maximum absolute atomic E-state index is 12.5. The molecule has 1 aliphatic rings. The van der Waals surface area contributed by atoms with Crippen LogP contribution in [0.15, 0.2) is 11.1 Å². The number of aromatic amines is 1. The van der Waals surface area contributed by atoms with Crippen molar-refractivity contribution in [2.45, 2.75) is 31.5 Å². The zero-order valence-electron chi connectivity index (χ0n) is 15.5. The second kappa shape index (κ2) is 7.52. The van der Waals surface area contributed by atoms with Gasteiger partial charge in [-0.15, -0.1) is 0 Å². The third-order valence-electron chi connectivity index (χ3n) is 4.61. The molecule has 2 aromatic rings. The van der Waals surface area contributed by atoms with Crippen LogP contribution in [0.3, 0.4) is 0 Å². The van der Waals surface area contributed by atoms with Crippen LogP contribution in [0.25, 0.3) is 11.2 Å². The Morgan fingerprint density at radius 2 is 2.11 bits per heavy atom. The van der Waals surface area contributed by atoms with Gasteiger partial charge >= 0.3 is 13.5 Å². The van der Waals surface area contributed by atoms with Crippen LogP contribution in [0.4, 0.5) is 5.95 Å². The van der Waals surface area contributed by atoms with Gasteiger partial charge in [-0.2, -0.15) is 0 Å². The van der Waals surface area contributed by atoms with Gasteiger partial charge in [-0.3, -0.25) is 18.9 Å². The van der Waals surface area contributed by atoms with Crippen molar-refractivity contribution in [2.24, 2.45) is 7.05 Å². The van der Waals surface area contributed by atoms with Gasteiger partial charge in [0.25, 0.3) is 11.5 Å². The summed E-state index contributed by atoms with van der Waals surface area (Å²) >= 11 is 0. The van der Waals surface area contributed by atoms with E-state index in [4.69, 9.17) is 14.5 Å². The molecule has 0 saturated carbocycles. The summed E-state index contributed by atoms with van der Waals surface area (Å²) in [6, 6.07) is 0. The van der Waals surface area contributed by atoms with Crippen molar-refractivity contribution >= 4 is 24.9 Å². The molecule has 2 aromatic heterocycles. The van der Waals surface area contributed by atoms with E-state index >= 15 is 0 Å². The fourth-order valence-electron chi connectivity index (χ4n) is 3.02. The van der Waals surface area contributed by atoms with Crippen molar-refractivity contribution in [3.05, 3.63) is 16.7 Å². The van der Waals surface area contributed by atoms with Crippen LogP contribution in [0.1, 0.15) is 13.2 Å². The summed E-state index contributed by atoms with van der Waals surface area (Å²) in [5.41, 5.74) is 0.0544. The highest BCUT2D eigenvalue weighted by Crippen LogP contribution is 2.37. The van der Waals surface area contributed by atoms with Gasteiger partial charge in [0.1, 0.15) is 18.3 Å². The van der Waals surface area contributed by atoms with Crippen LogP contribution in [0, 0.1) is 0 Å². The molecule has 1 fully saturated rings. The largest absolute Gasteiger partial charge is 0.469 e. The SMILES string of the molecule is CCN(C)c1nc2c(c(=O)[nH]1)n(C)c[n+]2[C@@H]1O[C@H](COP(=O)(O)O)[C@@H](O)[C@H]1O. The second-order valence-corrected chi connectivity index (χ2v) is 7.78. The first-order valence-corrected chi connectivity index (χ1v) is 9.99. The van der Waals surface area contributed by atoms with Gasteiger partial charge in [-0.25, -0.2) is 9.13 Å². The Morgan fingerprint density at radius 3 is 2.71 bits per heavy atom. The molecule has 0 unspecified atom stereocenters. The molecule has 14 heteroatoms. The standard InChI is InChI=1S/C14H22N5O8P/c1-4-17(2)14-15-11-8(12(22)16-14)18(3)6-19(11)13-10(21)9(20)7(27-13)5-26-28(23,24)25/h6-7,9-10,13,20-21H,4-5H2,1-3H3,(H2-,15,16,22,23,24,25)/p+1/t7-,9-,10-,13-/m1/s1. The second-order valence-electron chi connectivity index (χ2n) is 6.54. The van der Waals surface area contributed by atoms with Crippen molar-refractivity contribution < 1.29 is 38.4 Å². The van der Waals surface area contributed by atoms with Gasteiger partial charge in [0.15, 0.2) is 6.33 Å². The number of aliphatic hydroxyl groups excluding tert-OH is 2. The van der Waals surface area contributed by atoms with E-state index < -0.39 is 44.5 Å².